The normalized spacial score (nSPS) is 11.2. The highest BCUT2D eigenvalue weighted by molar-refractivity contribution is 7.79. The van der Waals surface area contributed by atoms with E-state index in [0.717, 1.165) is 11.1 Å². The van der Waals surface area contributed by atoms with Crippen molar-refractivity contribution in [3.63, 3.8) is 0 Å². The van der Waals surface area contributed by atoms with Crippen molar-refractivity contribution in [1.82, 2.24) is 9.38 Å². The molecule has 0 atom stereocenters. The molecule has 0 amide bonds. The molecule has 0 fully saturated rings. The lowest BCUT2D eigenvalue weighted by molar-refractivity contribution is 1.22. The van der Waals surface area contributed by atoms with Crippen LogP contribution in [0.25, 0.3) is 5.65 Å². The molecule has 0 saturated heterocycles. The predicted molar refractivity (Wildman–Crippen MR) is 98.9 cm³/mol. The minimum absolute atomic E-state index is 0.579. The molecule has 0 unspecified atom stereocenters. The van der Waals surface area contributed by atoms with Crippen molar-refractivity contribution in [3.05, 3.63) is 90.2 Å². The second kappa shape index (κ2) is 6.16. The molecule has 4 heteroatoms. The van der Waals surface area contributed by atoms with Gasteiger partial charge in [0.1, 0.15) is 5.65 Å². The number of rotatable bonds is 3. The predicted octanol–water partition coefficient (Wildman–Crippen LogP) is 3.75. The lowest BCUT2D eigenvalue weighted by Gasteiger charge is -2.18. The van der Waals surface area contributed by atoms with Gasteiger partial charge in [-0.3, -0.25) is 4.40 Å². The van der Waals surface area contributed by atoms with Gasteiger partial charge in [0.25, 0.3) is 0 Å². The van der Waals surface area contributed by atoms with E-state index in [1.54, 1.807) is 0 Å². The molecule has 0 radical (unpaired) electrons. The van der Waals surface area contributed by atoms with Crippen LogP contribution in [0, 0.1) is 0 Å². The van der Waals surface area contributed by atoms with Gasteiger partial charge in [0, 0.05) is 14.1 Å². The third-order valence-electron chi connectivity index (χ3n) is 3.70. The summed E-state index contributed by atoms with van der Waals surface area (Å²) in [6.07, 6.45) is 2.03. The summed E-state index contributed by atoms with van der Waals surface area (Å²) in [6, 6.07) is 27.0. The van der Waals surface area contributed by atoms with Gasteiger partial charge in [-0.2, -0.15) is 0 Å². The Labute approximate surface area is 141 Å². The zero-order valence-electron chi connectivity index (χ0n) is 12.3. The van der Waals surface area contributed by atoms with Gasteiger partial charge in [-0.25, -0.2) is 4.98 Å². The molecule has 4 aromatic rings. The third-order valence-corrected chi connectivity index (χ3v) is 6.58. The lowest BCUT2D eigenvalue weighted by Crippen LogP contribution is -2.24. The second-order valence-electron chi connectivity index (χ2n) is 5.16. The Morgan fingerprint density at radius 2 is 1.30 bits per heavy atom. The first kappa shape index (κ1) is 14.4. The van der Waals surface area contributed by atoms with Crippen molar-refractivity contribution in [3.8, 4) is 0 Å². The molecule has 2 aromatic carbocycles. The number of nitrogens with zero attached hydrogens (tertiary/aromatic N) is 2. The number of benzene rings is 2. The Hall–Kier alpha value is -2.15. The van der Waals surface area contributed by atoms with Crippen LogP contribution in [0.3, 0.4) is 0 Å². The zero-order valence-corrected chi connectivity index (χ0v) is 14.0. The molecule has 0 N–H and O–H groups in total. The van der Waals surface area contributed by atoms with Gasteiger partial charge in [-0.1, -0.05) is 78.3 Å². The molecule has 0 saturated carbocycles. The summed E-state index contributed by atoms with van der Waals surface area (Å²) in [5.74, 6) is 0. The van der Waals surface area contributed by atoms with E-state index in [4.69, 9.17) is 11.6 Å². The number of aromatic nitrogens is 2. The van der Waals surface area contributed by atoms with E-state index in [2.05, 4.69) is 57.9 Å². The zero-order chi connectivity index (χ0) is 15.6. The molecule has 23 heavy (non-hydrogen) atoms. The first-order chi connectivity index (χ1) is 11.3. The highest BCUT2D eigenvalue weighted by Gasteiger charge is 2.23. The molecular weight excluding hydrogens is 323 g/mol. The van der Waals surface area contributed by atoms with Crippen LogP contribution in [0.5, 0.6) is 0 Å². The van der Waals surface area contributed by atoms with E-state index < -0.39 is 7.92 Å². The van der Waals surface area contributed by atoms with Gasteiger partial charge in [0.2, 0.25) is 0 Å². The Morgan fingerprint density at radius 3 is 1.91 bits per heavy atom. The molecule has 0 spiro atoms. The van der Waals surface area contributed by atoms with Crippen LogP contribution in [0.4, 0.5) is 0 Å². The Bertz CT molecular complexity index is 896. The van der Waals surface area contributed by atoms with Crippen LogP contribution in [0.1, 0.15) is 0 Å². The van der Waals surface area contributed by atoms with Crippen LogP contribution in [-0.2, 0) is 0 Å². The molecule has 2 aromatic heterocycles. The van der Waals surface area contributed by atoms with Gasteiger partial charge in [-0.05, 0) is 22.7 Å². The van der Waals surface area contributed by atoms with Crippen LogP contribution in [0.2, 0.25) is 5.15 Å². The lowest BCUT2D eigenvalue weighted by atomic mass is 10.4. The number of pyridine rings is 1. The topological polar surface area (TPSA) is 17.3 Å². The Morgan fingerprint density at radius 1 is 0.739 bits per heavy atom. The molecule has 2 nitrogen and oxygen atoms in total. The maximum Gasteiger partial charge on any atom is 0.156 e. The number of fused-ring (bicyclic) bond motifs is 1. The molecule has 4 rings (SSSR count). The quantitative estimate of drug-likeness (QED) is 0.521. The van der Waals surface area contributed by atoms with Crippen molar-refractivity contribution >= 4 is 41.2 Å². The smallest absolute Gasteiger partial charge is 0.156 e. The summed E-state index contributed by atoms with van der Waals surface area (Å²) >= 11 is 6.55. The molecule has 0 aliphatic heterocycles. The minimum atomic E-state index is -0.761. The number of hydrogen-bond acceptors (Lipinski definition) is 1. The highest BCUT2D eigenvalue weighted by Crippen LogP contribution is 2.35. The molecule has 0 aliphatic carbocycles. The summed E-state index contributed by atoms with van der Waals surface area (Å²) < 4.78 is 2.11. The van der Waals surface area contributed by atoms with Crippen molar-refractivity contribution in [2.24, 2.45) is 0 Å². The second-order valence-corrected chi connectivity index (χ2v) is 7.65. The highest BCUT2D eigenvalue weighted by atomic mass is 35.5. The summed E-state index contributed by atoms with van der Waals surface area (Å²) in [6.45, 7) is 0. The van der Waals surface area contributed by atoms with Crippen LogP contribution >= 0.6 is 19.5 Å². The Kier molecular flexibility index (Phi) is 3.87. The van der Waals surface area contributed by atoms with E-state index in [1.165, 1.54) is 10.6 Å². The SMILES string of the molecule is Clc1nc2ccccn2c1P(c1ccccc1)c1ccccc1. The fraction of sp³-hybridized carbons (Fsp3) is 0. The first-order valence-electron chi connectivity index (χ1n) is 7.37. The van der Waals surface area contributed by atoms with Gasteiger partial charge in [-0.15, -0.1) is 0 Å². The summed E-state index contributed by atoms with van der Waals surface area (Å²) in [7, 11) is -0.761. The fourth-order valence-corrected chi connectivity index (χ4v) is 5.48. The summed E-state index contributed by atoms with van der Waals surface area (Å²) in [4.78, 5) is 4.53. The molecule has 2 heterocycles. The van der Waals surface area contributed by atoms with Crippen molar-refractivity contribution in [1.29, 1.82) is 0 Å². The molecule has 112 valence electrons. The molecule has 0 aliphatic rings. The summed E-state index contributed by atoms with van der Waals surface area (Å²) in [5, 5.41) is 3.11. The van der Waals surface area contributed by atoms with Gasteiger partial charge < -0.3 is 0 Å². The number of halogens is 1. The van der Waals surface area contributed by atoms with Crippen molar-refractivity contribution in [2.75, 3.05) is 0 Å². The minimum Gasteiger partial charge on any atom is -0.298 e. The van der Waals surface area contributed by atoms with E-state index >= 15 is 0 Å². The van der Waals surface area contributed by atoms with Crippen LogP contribution in [0.15, 0.2) is 85.1 Å². The van der Waals surface area contributed by atoms with E-state index in [9.17, 15) is 0 Å². The number of hydrogen-bond donors (Lipinski definition) is 0. The first-order valence-corrected chi connectivity index (χ1v) is 9.09. The summed E-state index contributed by atoms with van der Waals surface area (Å²) in [5.41, 5.74) is 1.95. The maximum atomic E-state index is 6.55. The van der Waals surface area contributed by atoms with E-state index in [1.807, 2.05) is 36.5 Å². The van der Waals surface area contributed by atoms with Gasteiger partial charge in [0.15, 0.2) is 5.15 Å². The molecular formula is C19H14ClN2P. The Balaban J connectivity index is 2.00. The average Bonchev–Trinajstić information content (AvgIpc) is 2.94. The fourth-order valence-electron chi connectivity index (χ4n) is 2.70. The van der Waals surface area contributed by atoms with Gasteiger partial charge in [0.05, 0.1) is 5.44 Å². The molecule has 0 bridgehead atoms. The monoisotopic (exact) mass is 336 g/mol. The standard InChI is InChI=1S/C19H14ClN2P/c20-18-19(22-14-8-7-13-17(22)21-18)23(15-9-3-1-4-10-15)16-11-5-2-6-12-16/h1-14H. The third kappa shape index (κ3) is 2.65. The van der Waals surface area contributed by atoms with Crippen molar-refractivity contribution < 1.29 is 0 Å². The van der Waals surface area contributed by atoms with E-state index in [0.29, 0.717) is 5.15 Å². The largest absolute Gasteiger partial charge is 0.298 e. The number of imidazole rings is 1. The van der Waals surface area contributed by atoms with E-state index in [-0.39, 0.29) is 0 Å². The van der Waals surface area contributed by atoms with Crippen LogP contribution < -0.4 is 16.0 Å². The van der Waals surface area contributed by atoms with Gasteiger partial charge >= 0.3 is 0 Å². The van der Waals surface area contributed by atoms with Crippen molar-refractivity contribution in [2.45, 2.75) is 0 Å². The average molecular weight is 337 g/mol. The van der Waals surface area contributed by atoms with Crippen LogP contribution in [-0.4, -0.2) is 9.38 Å². The maximum absolute atomic E-state index is 6.55.